The lowest BCUT2D eigenvalue weighted by atomic mass is 10.0. The van der Waals surface area contributed by atoms with Gasteiger partial charge in [0.2, 0.25) is 14.8 Å². The van der Waals surface area contributed by atoms with Crippen LogP contribution in [0, 0.1) is 0 Å². The summed E-state index contributed by atoms with van der Waals surface area (Å²) in [5.41, 5.74) is 2.02. The van der Waals surface area contributed by atoms with Crippen molar-refractivity contribution in [1.82, 2.24) is 4.31 Å². The zero-order valence-electron chi connectivity index (χ0n) is 16.4. The highest BCUT2D eigenvalue weighted by atomic mass is 35.5. The van der Waals surface area contributed by atoms with Gasteiger partial charge >= 0.3 is 5.97 Å². The number of aryl methyl sites for hydroxylation is 1. The van der Waals surface area contributed by atoms with Crippen molar-refractivity contribution in [3.8, 4) is 0 Å². The molecule has 1 aliphatic heterocycles. The molecule has 1 saturated heterocycles. The number of nitrogens with zero attached hydrogens (tertiary/aromatic N) is 2. The lowest BCUT2D eigenvalue weighted by molar-refractivity contribution is -0.140. The van der Waals surface area contributed by atoms with Gasteiger partial charge in [0.1, 0.15) is 0 Å². The first kappa shape index (κ1) is 21.4. The fraction of sp³-hybridized carbons (Fsp3) is 0.381. The summed E-state index contributed by atoms with van der Waals surface area (Å²) in [6.45, 7) is 2.74. The number of carboxylic acid groups (broad SMARTS) is 1. The van der Waals surface area contributed by atoms with Crippen molar-refractivity contribution in [2.24, 2.45) is 0 Å². The molecule has 160 valence electrons. The first-order chi connectivity index (χ1) is 14.2. The van der Waals surface area contributed by atoms with Gasteiger partial charge in [-0.2, -0.15) is 4.31 Å². The summed E-state index contributed by atoms with van der Waals surface area (Å²) >= 11 is 12.1. The minimum atomic E-state index is -4.13. The number of anilines is 1. The average Bonchev–Trinajstić information content (AvgIpc) is 3.11. The zero-order chi connectivity index (χ0) is 21.7. The van der Waals surface area contributed by atoms with Gasteiger partial charge in [0.25, 0.3) is 0 Å². The van der Waals surface area contributed by atoms with Crippen LogP contribution >= 0.6 is 23.2 Å². The number of hydrogen-bond donors (Lipinski definition) is 1. The molecule has 1 aliphatic carbocycles. The van der Waals surface area contributed by atoms with E-state index in [-0.39, 0.29) is 25.6 Å². The van der Waals surface area contributed by atoms with E-state index in [2.05, 4.69) is 4.90 Å². The van der Waals surface area contributed by atoms with Crippen molar-refractivity contribution in [1.29, 1.82) is 0 Å². The van der Waals surface area contributed by atoms with Gasteiger partial charge in [0.15, 0.2) is 0 Å². The van der Waals surface area contributed by atoms with E-state index >= 15 is 0 Å². The Morgan fingerprint density at radius 2 is 1.87 bits per heavy atom. The van der Waals surface area contributed by atoms with E-state index < -0.39 is 20.7 Å². The van der Waals surface area contributed by atoms with E-state index in [1.54, 1.807) is 30.3 Å². The molecule has 0 aromatic heterocycles. The van der Waals surface area contributed by atoms with Gasteiger partial charge in [-0.25, -0.2) is 8.42 Å². The molecule has 0 saturated carbocycles. The number of aliphatic carboxylic acids is 1. The maximum absolute atomic E-state index is 13.7. The van der Waals surface area contributed by atoms with Crippen molar-refractivity contribution in [2.45, 2.75) is 30.6 Å². The highest BCUT2D eigenvalue weighted by Gasteiger charge is 2.58. The van der Waals surface area contributed by atoms with Crippen molar-refractivity contribution in [2.75, 3.05) is 24.5 Å². The van der Waals surface area contributed by atoms with Gasteiger partial charge in [-0.15, -0.1) is 0 Å². The Morgan fingerprint density at radius 3 is 2.53 bits per heavy atom. The normalized spacial score (nSPS) is 24.6. The molecule has 2 unspecified atom stereocenters. The summed E-state index contributed by atoms with van der Waals surface area (Å²) in [7, 11) is -4.13. The van der Waals surface area contributed by atoms with Gasteiger partial charge in [-0.05, 0) is 49.1 Å². The lowest BCUT2D eigenvalue weighted by Gasteiger charge is -2.43. The summed E-state index contributed by atoms with van der Waals surface area (Å²) in [6, 6.07) is 12.1. The summed E-state index contributed by atoms with van der Waals surface area (Å²) < 4.78 is 26.8. The average molecular weight is 469 g/mol. The number of hydrogen-bond acceptors (Lipinski definition) is 4. The van der Waals surface area contributed by atoms with Crippen LogP contribution < -0.4 is 4.90 Å². The molecule has 0 spiro atoms. The smallest absolute Gasteiger partial charge is 0.331 e. The molecule has 4 rings (SSSR count). The topological polar surface area (TPSA) is 77.9 Å². The van der Waals surface area contributed by atoms with E-state index in [1.165, 1.54) is 4.31 Å². The molecule has 1 N–H and O–H groups in total. The van der Waals surface area contributed by atoms with Crippen LogP contribution in [-0.4, -0.2) is 49.5 Å². The van der Waals surface area contributed by atoms with Crippen LogP contribution in [0.2, 0.25) is 10.0 Å². The van der Waals surface area contributed by atoms with Crippen LogP contribution in [0.25, 0.3) is 0 Å². The van der Waals surface area contributed by atoms with Crippen molar-refractivity contribution in [3.63, 3.8) is 0 Å². The highest BCUT2D eigenvalue weighted by molar-refractivity contribution is 7.90. The Bertz CT molecular complexity index is 1110. The molecule has 0 radical (unpaired) electrons. The van der Waals surface area contributed by atoms with Crippen LogP contribution in [0.1, 0.15) is 24.5 Å². The molecule has 9 heteroatoms. The molecule has 1 heterocycles. The molecule has 2 aromatic rings. The highest BCUT2D eigenvalue weighted by Crippen LogP contribution is 2.45. The fourth-order valence-electron chi connectivity index (χ4n) is 4.59. The largest absolute Gasteiger partial charge is 0.480 e. The fourth-order valence-corrected chi connectivity index (χ4v) is 7.11. The van der Waals surface area contributed by atoms with Gasteiger partial charge in [0, 0.05) is 31.4 Å². The number of carbonyl (C=O) groups is 1. The maximum Gasteiger partial charge on any atom is 0.331 e. The van der Waals surface area contributed by atoms with Crippen molar-refractivity contribution < 1.29 is 18.3 Å². The minimum absolute atomic E-state index is 0.0470. The van der Waals surface area contributed by atoms with E-state index in [9.17, 15) is 18.3 Å². The van der Waals surface area contributed by atoms with Gasteiger partial charge in [-0.3, -0.25) is 4.79 Å². The monoisotopic (exact) mass is 468 g/mol. The molecular weight excluding hydrogens is 447 g/mol. The number of benzene rings is 2. The lowest BCUT2D eigenvalue weighted by Crippen LogP contribution is -2.58. The predicted molar refractivity (Wildman–Crippen MR) is 118 cm³/mol. The number of sulfonamides is 1. The van der Waals surface area contributed by atoms with Crippen LogP contribution in [-0.2, 0) is 26.0 Å². The SMILES string of the molecule is CC1CN(S(=O)(=O)C2(C(=O)O)CCc3ccccc32)CCN1c1ccc(Cl)c(Cl)c1. The zero-order valence-corrected chi connectivity index (χ0v) is 18.7. The quantitative estimate of drug-likeness (QED) is 0.738. The van der Waals surface area contributed by atoms with Crippen LogP contribution in [0.3, 0.4) is 0 Å². The van der Waals surface area contributed by atoms with E-state index in [4.69, 9.17) is 23.2 Å². The second kappa shape index (κ2) is 7.71. The number of rotatable bonds is 4. The molecule has 30 heavy (non-hydrogen) atoms. The molecule has 2 aromatic carbocycles. The van der Waals surface area contributed by atoms with Gasteiger partial charge in [-0.1, -0.05) is 47.5 Å². The Hall–Kier alpha value is -1.80. The molecule has 6 nitrogen and oxygen atoms in total. The minimum Gasteiger partial charge on any atom is -0.480 e. The third kappa shape index (κ3) is 3.19. The Morgan fingerprint density at radius 1 is 1.13 bits per heavy atom. The number of fused-ring (bicyclic) bond motifs is 1. The standard InChI is InChI=1S/C21H22Cl2N2O4S/c1-14-13-24(10-11-25(14)16-6-7-18(22)19(23)12-16)30(28,29)21(20(26)27)9-8-15-4-2-3-5-17(15)21/h2-7,12,14H,8-11,13H2,1H3,(H,26,27). The number of halogens is 2. The molecule has 2 aliphatic rings. The summed E-state index contributed by atoms with van der Waals surface area (Å²) in [5.74, 6) is -1.31. The Labute approximate surface area is 186 Å². The molecular formula is C21H22Cl2N2O4S. The van der Waals surface area contributed by atoms with Gasteiger partial charge < -0.3 is 10.0 Å². The second-order valence-corrected chi connectivity index (χ2v) is 10.8. The Kier molecular flexibility index (Phi) is 5.51. The number of carboxylic acids is 1. The van der Waals surface area contributed by atoms with Crippen LogP contribution in [0.4, 0.5) is 5.69 Å². The first-order valence-electron chi connectivity index (χ1n) is 9.71. The van der Waals surface area contributed by atoms with Crippen molar-refractivity contribution >= 4 is 44.9 Å². The molecule has 0 amide bonds. The number of piperazine rings is 1. The summed E-state index contributed by atoms with van der Waals surface area (Å²) in [5, 5.41) is 11.0. The maximum atomic E-state index is 13.7. The van der Waals surface area contributed by atoms with E-state index in [0.29, 0.717) is 28.6 Å². The van der Waals surface area contributed by atoms with E-state index in [0.717, 1.165) is 11.3 Å². The first-order valence-corrected chi connectivity index (χ1v) is 11.9. The summed E-state index contributed by atoms with van der Waals surface area (Å²) in [4.78, 5) is 14.4. The molecule has 1 fully saturated rings. The van der Waals surface area contributed by atoms with Crippen LogP contribution in [0.15, 0.2) is 42.5 Å². The third-order valence-corrected chi connectivity index (χ3v) is 9.38. The third-order valence-electron chi connectivity index (χ3n) is 6.15. The van der Waals surface area contributed by atoms with E-state index in [1.807, 2.05) is 19.1 Å². The van der Waals surface area contributed by atoms with Crippen molar-refractivity contribution in [3.05, 3.63) is 63.6 Å². The van der Waals surface area contributed by atoms with Crippen LogP contribution in [0.5, 0.6) is 0 Å². The van der Waals surface area contributed by atoms with Gasteiger partial charge in [0.05, 0.1) is 10.0 Å². The summed E-state index contributed by atoms with van der Waals surface area (Å²) in [6.07, 6.45) is 0.478. The Balaban J connectivity index is 1.65. The molecule has 2 atom stereocenters. The predicted octanol–water partition coefficient (Wildman–Crippen LogP) is 3.76. The molecule has 0 bridgehead atoms. The second-order valence-electron chi connectivity index (χ2n) is 7.79.